The van der Waals surface area contributed by atoms with Gasteiger partial charge in [-0.25, -0.2) is 9.97 Å². The first-order valence-electron chi connectivity index (χ1n) is 6.34. The molecule has 3 heterocycles. The van der Waals surface area contributed by atoms with Crippen LogP contribution in [0.25, 0.3) is 0 Å². The third kappa shape index (κ3) is 2.19. The second-order valence-electron chi connectivity index (χ2n) is 4.57. The van der Waals surface area contributed by atoms with Crippen molar-refractivity contribution in [3.63, 3.8) is 0 Å². The third-order valence-electron chi connectivity index (χ3n) is 3.43. The Hall–Kier alpha value is -1.96. The average Bonchev–Trinajstić information content (AvgIpc) is 2.37. The van der Waals surface area contributed by atoms with Gasteiger partial charge in [0.05, 0.1) is 18.1 Å². The molecule has 2 fully saturated rings. The van der Waals surface area contributed by atoms with E-state index in [0.717, 1.165) is 19.5 Å². The fourth-order valence-corrected chi connectivity index (χ4v) is 2.29. The Balaban J connectivity index is 1.99. The van der Waals surface area contributed by atoms with Gasteiger partial charge in [0, 0.05) is 26.2 Å². The molecule has 0 aromatic carbocycles. The normalized spacial score (nSPS) is 19.2. The van der Waals surface area contributed by atoms with Crippen LogP contribution in [0.3, 0.4) is 0 Å². The molecule has 2 aliphatic rings. The summed E-state index contributed by atoms with van der Waals surface area (Å²) >= 11 is 0. The molecule has 0 atom stereocenters. The number of nitrogens with zero attached hydrogens (tertiary/aromatic N) is 5. The van der Waals surface area contributed by atoms with Gasteiger partial charge in [0.1, 0.15) is 6.33 Å². The number of ether oxygens (including phenoxy) is 1. The van der Waals surface area contributed by atoms with Crippen molar-refractivity contribution in [3.05, 3.63) is 16.4 Å². The standard InChI is InChI=1S/C11H15N5O3/c17-16(18)9-10(14-2-1-3-14)12-8-13-11(9)15-4-6-19-7-5-15/h8H,1-7H2. The summed E-state index contributed by atoms with van der Waals surface area (Å²) in [7, 11) is 0. The van der Waals surface area contributed by atoms with Gasteiger partial charge in [0.15, 0.2) is 0 Å². The van der Waals surface area contributed by atoms with Crippen LogP contribution in [0.1, 0.15) is 6.42 Å². The number of morpholine rings is 1. The van der Waals surface area contributed by atoms with E-state index in [0.29, 0.717) is 37.9 Å². The van der Waals surface area contributed by atoms with Crippen LogP contribution in [0.2, 0.25) is 0 Å². The molecule has 0 bridgehead atoms. The Labute approximate surface area is 110 Å². The number of anilines is 2. The summed E-state index contributed by atoms with van der Waals surface area (Å²) < 4.78 is 5.27. The molecule has 1 aromatic heterocycles. The summed E-state index contributed by atoms with van der Waals surface area (Å²) in [5.74, 6) is 0.845. The predicted octanol–water partition coefficient (Wildman–Crippen LogP) is 0.431. The number of hydrogen-bond acceptors (Lipinski definition) is 7. The zero-order chi connectivity index (χ0) is 13.2. The number of rotatable bonds is 3. The molecule has 0 radical (unpaired) electrons. The molecule has 0 N–H and O–H groups in total. The Bertz CT molecular complexity index is 485. The van der Waals surface area contributed by atoms with Crippen molar-refractivity contribution < 1.29 is 9.66 Å². The van der Waals surface area contributed by atoms with Crippen LogP contribution in [-0.4, -0.2) is 54.3 Å². The van der Waals surface area contributed by atoms with Crippen molar-refractivity contribution in [2.45, 2.75) is 6.42 Å². The van der Waals surface area contributed by atoms with Gasteiger partial charge < -0.3 is 14.5 Å². The molecule has 0 unspecified atom stereocenters. The van der Waals surface area contributed by atoms with E-state index in [4.69, 9.17) is 4.74 Å². The number of aromatic nitrogens is 2. The van der Waals surface area contributed by atoms with Crippen molar-refractivity contribution in [2.75, 3.05) is 49.2 Å². The molecule has 0 aliphatic carbocycles. The molecule has 0 saturated carbocycles. The van der Waals surface area contributed by atoms with E-state index < -0.39 is 0 Å². The molecule has 102 valence electrons. The average molecular weight is 265 g/mol. The second-order valence-corrected chi connectivity index (χ2v) is 4.57. The molecule has 2 aliphatic heterocycles. The van der Waals surface area contributed by atoms with Crippen molar-refractivity contribution in [1.29, 1.82) is 0 Å². The Morgan fingerprint density at radius 3 is 2.16 bits per heavy atom. The maximum Gasteiger partial charge on any atom is 0.353 e. The van der Waals surface area contributed by atoms with Crippen LogP contribution in [0.5, 0.6) is 0 Å². The van der Waals surface area contributed by atoms with Crippen molar-refractivity contribution in [1.82, 2.24) is 9.97 Å². The van der Waals surface area contributed by atoms with Crippen molar-refractivity contribution >= 4 is 17.3 Å². The van der Waals surface area contributed by atoms with E-state index in [9.17, 15) is 10.1 Å². The van der Waals surface area contributed by atoms with Gasteiger partial charge in [0.25, 0.3) is 0 Å². The smallest absolute Gasteiger partial charge is 0.353 e. The molecule has 2 saturated heterocycles. The minimum Gasteiger partial charge on any atom is -0.378 e. The summed E-state index contributed by atoms with van der Waals surface area (Å²) in [5.41, 5.74) is 0.0177. The van der Waals surface area contributed by atoms with Crippen LogP contribution in [0, 0.1) is 10.1 Å². The fourth-order valence-electron chi connectivity index (χ4n) is 2.29. The van der Waals surface area contributed by atoms with Gasteiger partial charge >= 0.3 is 5.69 Å². The molecule has 19 heavy (non-hydrogen) atoms. The van der Waals surface area contributed by atoms with Crippen LogP contribution >= 0.6 is 0 Å². The quantitative estimate of drug-likeness (QED) is 0.578. The van der Waals surface area contributed by atoms with E-state index in [1.54, 1.807) is 0 Å². The maximum atomic E-state index is 11.4. The van der Waals surface area contributed by atoms with Gasteiger partial charge in [-0.1, -0.05) is 0 Å². The lowest BCUT2D eigenvalue weighted by molar-refractivity contribution is -0.383. The van der Waals surface area contributed by atoms with E-state index in [1.165, 1.54) is 6.33 Å². The fraction of sp³-hybridized carbons (Fsp3) is 0.636. The highest BCUT2D eigenvalue weighted by Gasteiger charge is 2.32. The van der Waals surface area contributed by atoms with Crippen molar-refractivity contribution in [2.24, 2.45) is 0 Å². The molecular formula is C11H15N5O3. The lowest BCUT2D eigenvalue weighted by atomic mass is 10.2. The molecule has 3 rings (SSSR count). The third-order valence-corrected chi connectivity index (χ3v) is 3.43. The lowest BCUT2D eigenvalue weighted by Crippen LogP contribution is -2.40. The van der Waals surface area contributed by atoms with Crippen molar-refractivity contribution in [3.8, 4) is 0 Å². The Morgan fingerprint density at radius 1 is 1.11 bits per heavy atom. The second kappa shape index (κ2) is 4.96. The molecule has 8 heteroatoms. The number of nitro groups is 1. The molecule has 0 amide bonds. The SMILES string of the molecule is O=[N+]([O-])c1c(N2CCC2)ncnc1N1CCOCC1. The largest absolute Gasteiger partial charge is 0.378 e. The van der Waals surface area contributed by atoms with Crippen LogP contribution in [0.4, 0.5) is 17.3 Å². The molecule has 0 spiro atoms. The zero-order valence-corrected chi connectivity index (χ0v) is 10.5. The summed E-state index contributed by atoms with van der Waals surface area (Å²) in [6.07, 6.45) is 2.46. The summed E-state index contributed by atoms with van der Waals surface area (Å²) in [5, 5.41) is 11.4. The zero-order valence-electron chi connectivity index (χ0n) is 10.5. The molecule has 8 nitrogen and oxygen atoms in total. The highest BCUT2D eigenvalue weighted by molar-refractivity contribution is 5.71. The monoisotopic (exact) mass is 265 g/mol. The highest BCUT2D eigenvalue weighted by atomic mass is 16.6. The van der Waals surface area contributed by atoms with E-state index in [2.05, 4.69) is 9.97 Å². The summed E-state index contributed by atoms with van der Waals surface area (Å²) in [6, 6.07) is 0. The van der Waals surface area contributed by atoms with Gasteiger partial charge in [-0.3, -0.25) is 10.1 Å². The highest BCUT2D eigenvalue weighted by Crippen LogP contribution is 2.35. The summed E-state index contributed by atoms with van der Waals surface area (Å²) in [4.78, 5) is 23.0. The first-order chi connectivity index (χ1) is 9.27. The van der Waals surface area contributed by atoms with Gasteiger partial charge in [-0.05, 0) is 6.42 Å². The minimum absolute atomic E-state index is 0.0177. The first kappa shape index (κ1) is 12.1. The predicted molar refractivity (Wildman–Crippen MR) is 68.5 cm³/mol. The van der Waals surface area contributed by atoms with Gasteiger partial charge in [-0.15, -0.1) is 0 Å². The van der Waals surface area contributed by atoms with E-state index in [1.807, 2.05) is 9.80 Å². The topological polar surface area (TPSA) is 84.6 Å². The summed E-state index contributed by atoms with van der Waals surface area (Å²) in [6.45, 7) is 4.02. The Kier molecular flexibility index (Phi) is 3.16. The Morgan fingerprint density at radius 2 is 1.68 bits per heavy atom. The number of hydrogen-bond donors (Lipinski definition) is 0. The van der Waals surface area contributed by atoms with E-state index >= 15 is 0 Å². The van der Waals surface area contributed by atoms with Crippen LogP contribution in [0.15, 0.2) is 6.33 Å². The minimum atomic E-state index is -0.377. The van der Waals surface area contributed by atoms with Gasteiger partial charge in [-0.2, -0.15) is 0 Å². The van der Waals surface area contributed by atoms with Crippen LogP contribution in [-0.2, 0) is 4.74 Å². The molecular weight excluding hydrogens is 250 g/mol. The molecule has 1 aromatic rings. The van der Waals surface area contributed by atoms with Gasteiger partial charge in [0.2, 0.25) is 11.6 Å². The maximum absolute atomic E-state index is 11.4. The lowest BCUT2D eigenvalue weighted by Gasteiger charge is -2.33. The van der Waals surface area contributed by atoms with Crippen LogP contribution < -0.4 is 9.80 Å². The first-order valence-corrected chi connectivity index (χ1v) is 6.34. The van der Waals surface area contributed by atoms with E-state index in [-0.39, 0.29) is 10.6 Å².